The standard InChI is InChI=1S/C63H109N2O7P/c1-6-8-10-12-14-16-18-20-21-22-23-24-25-26-27-28-29-30-31-32-33-34-35-36-37-38-39-40-41-42-43-44-46-48-50-52-54-56-62(67)64-60(59-72-73(69,70)71-58-57-65(3,4)5)63(68)61(66)55-53-51-49-47-45-19-17-15-13-11-9-7-2/h7-10,14-17,20-21,23-24,26-27,29-30,32-33,47,49,60-61,63,66,68H,6,11-13,18-19,22,25,28,31,34-46,48,50-59H2,1-5H3,(H-,64,67,69,70)/b9-7+,10-8-,16-14-,17-15+,21-20-,24-23-,27-26-,30-29-,33-32-,49-47+. The number of carbonyl (C=O) groups is 1. The third kappa shape index (κ3) is 53.5. The normalized spacial score (nSPS) is 15.2. The Labute approximate surface area is 448 Å². The number of aliphatic hydroxyl groups is 2. The van der Waals surface area contributed by atoms with E-state index in [1.54, 1.807) is 0 Å². The number of hydrogen-bond acceptors (Lipinski definition) is 7. The summed E-state index contributed by atoms with van der Waals surface area (Å²) in [4.78, 5) is 25.5. The van der Waals surface area contributed by atoms with E-state index in [9.17, 15) is 24.5 Å². The number of carbonyl (C=O) groups excluding carboxylic acids is 1. The predicted molar refractivity (Wildman–Crippen MR) is 312 cm³/mol. The first-order valence-corrected chi connectivity index (χ1v) is 30.4. The van der Waals surface area contributed by atoms with Crippen LogP contribution in [0.25, 0.3) is 0 Å². The maximum Gasteiger partial charge on any atom is 0.268 e. The molecule has 0 rings (SSSR count). The van der Waals surface area contributed by atoms with Gasteiger partial charge in [0.15, 0.2) is 0 Å². The third-order valence-electron chi connectivity index (χ3n) is 12.3. The molecule has 0 aromatic heterocycles. The highest BCUT2D eigenvalue weighted by Crippen LogP contribution is 2.38. The molecule has 0 saturated carbocycles. The largest absolute Gasteiger partial charge is 0.756 e. The molecule has 0 spiro atoms. The number of quaternary nitrogens is 1. The van der Waals surface area contributed by atoms with Crippen LogP contribution in [0.2, 0.25) is 0 Å². The number of phosphoric ester groups is 1. The molecule has 418 valence electrons. The zero-order valence-electron chi connectivity index (χ0n) is 47.2. The lowest BCUT2D eigenvalue weighted by molar-refractivity contribution is -0.870. The first kappa shape index (κ1) is 69.9. The highest BCUT2D eigenvalue weighted by atomic mass is 31.2. The van der Waals surface area contributed by atoms with Crippen molar-refractivity contribution < 1.29 is 38.0 Å². The molecule has 0 saturated heterocycles. The van der Waals surface area contributed by atoms with Crippen molar-refractivity contribution in [1.82, 2.24) is 5.32 Å². The van der Waals surface area contributed by atoms with Gasteiger partial charge in [-0.15, -0.1) is 0 Å². The van der Waals surface area contributed by atoms with Gasteiger partial charge in [0.25, 0.3) is 7.82 Å². The number of unbranched alkanes of at least 4 members (excludes halogenated alkanes) is 18. The number of hydrogen-bond donors (Lipinski definition) is 3. The molecule has 0 bridgehead atoms. The number of likely N-dealkylation sites (N-methyl/N-ethyl adjacent to an activating group) is 1. The molecule has 0 aliphatic carbocycles. The van der Waals surface area contributed by atoms with E-state index >= 15 is 0 Å². The molecule has 4 atom stereocenters. The summed E-state index contributed by atoms with van der Waals surface area (Å²) < 4.78 is 23.2. The third-order valence-corrected chi connectivity index (χ3v) is 13.3. The second kappa shape index (κ2) is 52.3. The quantitative estimate of drug-likeness (QED) is 0.0240. The number of amides is 1. The molecule has 10 heteroatoms. The lowest BCUT2D eigenvalue weighted by Crippen LogP contribution is -2.51. The first-order chi connectivity index (χ1) is 35.4. The molecule has 0 aromatic rings. The molecule has 0 aliphatic rings. The van der Waals surface area contributed by atoms with Crippen LogP contribution in [0.4, 0.5) is 0 Å². The monoisotopic (exact) mass is 1040 g/mol. The van der Waals surface area contributed by atoms with Crippen LogP contribution in [0, 0.1) is 0 Å². The van der Waals surface area contributed by atoms with Crippen LogP contribution in [-0.2, 0) is 18.4 Å². The summed E-state index contributed by atoms with van der Waals surface area (Å²) >= 11 is 0. The second-order valence-corrected chi connectivity index (χ2v) is 21.8. The number of phosphoric acid groups is 1. The Morgan fingerprint density at radius 2 is 0.890 bits per heavy atom. The fourth-order valence-electron chi connectivity index (χ4n) is 7.80. The topological polar surface area (TPSA) is 128 Å². The summed E-state index contributed by atoms with van der Waals surface area (Å²) in [5, 5.41) is 24.7. The molecule has 9 nitrogen and oxygen atoms in total. The summed E-state index contributed by atoms with van der Waals surface area (Å²) in [6, 6.07) is -1.11. The van der Waals surface area contributed by atoms with Gasteiger partial charge in [-0.05, 0) is 116 Å². The Balaban J connectivity index is 4.11. The van der Waals surface area contributed by atoms with E-state index in [1.807, 2.05) is 28.1 Å². The summed E-state index contributed by atoms with van der Waals surface area (Å²) in [5.41, 5.74) is 0. The van der Waals surface area contributed by atoms with Crippen LogP contribution in [-0.4, -0.2) is 79.8 Å². The van der Waals surface area contributed by atoms with Crippen molar-refractivity contribution >= 4 is 13.7 Å². The molecule has 0 radical (unpaired) electrons. The zero-order valence-corrected chi connectivity index (χ0v) is 48.0. The van der Waals surface area contributed by atoms with E-state index in [1.165, 1.54) is 77.0 Å². The predicted octanol–water partition coefficient (Wildman–Crippen LogP) is 16.1. The molecule has 0 fully saturated rings. The molecule has 0 aromatic carbocycles. The minimum atomic E-state index is -4.69. The SMILES string of the molecule is C/C=C/CC/C=C/CC/C=C/CCCC(O)C(O)C(COP(=O)([O-])OCC[N+](C)(C)C)NC(=O)CCCCCCCCCCCCCCCCC/C=C\C/C=C\C/C=C\C/C=C\C/C=C\C/C=C\C/C=C\CC. The summed E-state index contributed by atoms with van der Waals surface area (Å²) in [6.45, 7) is 4.06. The summed E-state index contributed by atoms with van der Waals surface area (Å²) in [6.07, 6.45) is 74.3. The Hall–Kier alpha value is -3.14. The Kier molecular flexibility index (Phi) is 50.1. The van der Waals surface area contributed by atoms with Gasteiger partial charge in [0.05, 0.1) is 39.9 Å². The highest BCUT2D eigenvalue weighted by Gasteiger charge is 2.29. The van der Waals surface area contributed by atoms with Gasteiger partial charge < -0.3 is 34.0 Å². The first-order valence-electron chi connectivity index (χ1n) is 28.9. The maximum atomic E-state index is 13.0. The fourth-order valence-corrected chi connectivity index (χ4v) is 8.53. The van der Waals surface area contributed by atoms with Crippen molar-refractivity contribution in [2.24, 2.45) is 0 Å². The van der Waals surface area contributed by atoms with Crippen LogP contribution in [0.15, 0.2) is 122 Å². The van der Waals surface area contributed by atoms with Crippen LogP contribution in [0.5, 0.6) is 0 Å². The molecule has 0 aliphatic heterocycles. The van der Waals surface area contributed by atoms with Crippen molar-refractivity contribution in [2.45, 2.75) is 231 Å². The zero-order chi connectivity index (χ0) is 53.6. The average molecular weight is 1040 g/mol. The molecule has 3 N–H and O–H groups in total. The number of nitrogens with one attached hydrogen (secondary N) is 1. The number of nitrogens with zero attached hydrogens (tertiary/aromatic N) is 1. The summed E-state index contributed by atoms with van der Waals surface area (Å²) in [7, 11) is 1.08. The minimum absolute atomic E-state index is 0.0551. The molecule has 4 unspecified atom stereocenters. The van der Waals surface area contributed by atoms with Gasteiger partial charge >= 0.3 is 0 Å². The van der Waals surface area contributed by atoms with E-state index in [0.29, 0.717) is 30.3 Å². The van der Waals surface area contributed by atoms with Gasteiger partial charge in [0.2, 0.25) is 5.91 Å². The Morgan fingerprint density at radius 3 is 1.33 bits per heavy atom. The number of rotatable bonds is 51. The van der Waals surface area contributed by atoms with Gasteiger partial charge in [0.1, 0.15) is 19.3 Å². The Morgan fingerprint density at radius 1 is 0.521 bits per heavy atom. The van der Waals surface area contributed by atoms with Crippen molar-refractivity contribution in [2.75, 3.05) is 40.9 Å². The van der Waals surface area contributed by atoms with Crippen LogP contribution in [0.1, 0.15) is 213 Å². The van der Waals surface area contributed by atoms with E-state index < -0.39 is 32.7 Å². The Bertz CT molecular complexity index is 1620. The number of aliphatic hydroxyl groups excluding tert-OH is 2. The lowest BCUT2D eigenvalue weighted by Gasteiger charge is -2.31. The second-order valence-electron chi connectivity index (χ2n) is 20.4. The van der Waals surface area contributed by atoms with Crippen molar-refractivity contribution in [3.05, 3.63) is 122 Å². The van der Waals surface area contributed by atoms with E-state index in [-0.39, 0.29) is 18.9 Å². The van der Waals surface area contributed by atoms with Gasteiger partial charge in [-0.3, -0.25) is 9.36 Å². The smallest absolute Gasteiger partial charge is 0.268 e. The van der Waals surface area contributed by atoms with E-state index in [4.69, 9.17) is 9.05 Å². The van der Waals surface area contributed by atoms with E-state index in [2.05, 4.69) is 134 Å². The highest BCUT2D eigenvalue weighted by molar-refractivity contribution is 7.45. The molecule has 0 heterocycles. The van der Waals surface area contributed by atoms with Gasteiger partial charge in [-0.25, -0.2) is 0 Å². The van der Waals surface area contributed by atoms with Gasteiger partial charge in [0, 0.05) is 6.42 Å². The average Bonchev–Trinajstić information content (AvgIpc) is 3.35. The molecular formula is C63H109N2O7P. The van der Waals surface area contributed by atoms with Crippen molar-refractivity contribution in [3.8, 4) is 0 Å². The minimum Gasteiger partial charge on any atom is -0.756 e. The fraction of sp³-hybridized carbons (Fsp3) is 0.667. The van der Waals surface area contributed by atoms with Crippen LogP contribution in [0.3, 0.4) is 0 Å². The number of allylic oxidation sites excluding steroid dienone is 20. The summed E-state index contributed by atoms with van der Waals surface area (Å²) in [5.74, 6) is -0.300. The molecule has 73 heavy (non-hydrogen) atoms. The lowest BCUT2D eigenvalue weighted by atomic mass is 10.0. The van der Waals surface area contributed by atoms with Gasteiger partial charge in [-0.2, -0.15) is 0 Å². The van der Waals surface area contributed by atoms with Crippen LogP contribution < -0.4 is 10.2 Å². The molecule has 1 amide bonds. The van der Waals surface area contributed by atoms with Gasteiger partial charge in [-0.1, -0.05) is 212 Å². The molecular weight excluding hydrogens is 928 g/mol. The van der Waals surface area contributed by atoms with Crippen LogP contribution >= 0.6 is 7.82 Å². The van der Waals surface area contributed by atoms with Crippen molar-refractivity contribution in [3.63, 3.8) is 0 Å². The maximum absolute atomic E-state index is 13.0. The van der Waals surface area contributed by atoms with E-state index in [0.717, 1.165) is 96.3 Å². The van der Waals surface area contributed by atoms with Crippen molar-refractivity contribution in [1.29, 1.82) is 0 Å².